The maximum Gasteiger partial charge on any atom is 0.337 e. The van der Waals surface area contributed by atoms with Crippen LogP contribution in [0.3, 0.4) is 0 Å². The van der Waals surface area contributed by atoms with Crippen LogP contribution in [0.25, 0.3) is 0 Å². The van der Waals surface area contributed by atoms with Gasteiger partial charge >= 0.3 is 5.97 Å². The monoisotopic (exact) mass is 279 g/mol. The van der Waals surface area contributed by atoms with Crippen LogP contribution in [0.1, 0.15) is 50.4 Å². The first-order valence-corrected chi connectivity index (χ1v) is 7.23. The number of carboxylic acid groups (broad SMARTS) is 1. The van der Waals surface area contributed by atoms with E-state index in [1.165, 1.54) is 31.3 Å². The number of aliphatic hydroxyl groups is 1. The quantitative estimate of drug-likeness (QED) is 0.872. The molecule has 0 amide bonds. The minimum Gasteiger partial charge on any atom is -0.478 e. The number of pyridine rings is 1. The fourth-order valence-electron chi connectivity index (χ4n) is 2.64. The summed E-state index contributed by atoms with van der Waals surface area (Å²) >= 11 is 0. The summed E-state index contributed by atoms with van der Waals surface area (Å²) in [6, 6.07) is 3.08. The lowest BCUT2D eigenvalue weighted by atomic mass is 9.75. The standard InChI is InChI=1S/C10H20O.C6H5NO2/c1-7(2)9-5-4-8(3)6-10(9)11;8-6(9)5-2-1-3-7-4-5/h7-11H,4-6H2,1-3H3;1-4H,(H,8,9). The SMILES string of the molecule is CC1CCC(C(C)C)C(O)C1.O=C(O)c1cccnc1. The van der Waals surface area contributed by atoms with Crippen LogP contribution in [0.15, 0.2) is 24.5 Å². The number of aromatic carboxylic acids is 1. The zero-order valence-corrected chi connectivity index (χ0v) is 12.5. The van der Waals surface area contributed by atoms with Gasteiger partial charge in [0.1, 0.15) is 0 Å². The molecule has 1 aliphatic carbocycles. The predicted octanol–water partition coefficient (Wildman–Crippen LogP) is 3.22. The molecule has 1 saturated carbocycles. The Hall–Kier alpha value is -1.42. The lowest BCUT2D eigenvalue weighted by Gasteiger charge is -2.33. The summed E-state index contributed by atoms with van der Waals surface area (Å²) in [4.78, 5) is 13.8. The zero-order chi connectivity index (χ0) is 15.1. The Kier molecular flexibility index (Phi) is 6.65. The van der Waals surface area contributed by atoms with E-state index in [1.54, 1.807) is 6.07 Å². The van der Waals surface area contributed by atoms with Crippen LogP contribution in [-0.4, -0.2) is 27.3 Å². The molecule has 1 heterocycles. The number of hydrogen-bond donors (Lipinski definition) is 2. The molecule has 1 aromatic rings. The molecule has 0 bridgehead atoms. The highest BCUT2D eigenvalue weighted by Gasteiger charge is 2.28. The van der Waals surface area contributed by atoms with Gasteiger partial charge in [0.15, 0.2) is 0 Å². The molecular formula is C16H25NO3. The molecule has 0 aromatic carbocycles. The molecule has 3 unspecified atom stereocenters. The van der Waals surface area contributed by atoms with Crippen molar-refractivity contribution in [3.63, 3.8) is 0 Å². The molecule has 1 aliphatic rings. The van der Waals surface area contributed by atoms with Crippen LogP contribution in [0.4, 0.5) is 0 Å². The summed E-state index contributed by atoms with van der Waals surface area (Å²) in [7, 11) is 0. The van der Waals surface area contributed by atoms with Crippen molar-refractivity contribution in [2.45, 2.75) is 46.1 Å². The van der Waals surface area contributed by atoms with Gasteiger partial charge in [-0.05, 0) is 42.7 Å². The molecule has 4 nitrogen and oxygen atoms in total. The molecular weight excluding hydrogens is 254 g/mol. The Balaban J connectivity index is 0.000000204. The van der Waals surface area contributed by atoms with Crippen LogP contribution in [0.5, 0.6) is 0 Å². The second-order valence-electron chi connectivity index (χ2n) is 5.94. The highest BCUT2D eigenvalue weighted by molar-refractivity contribution is 5.86. The number of hydrogen-bond acceptors (Lipinski definition) is 3. The highest BCUT2D eigenvalue weighted by atomic mass is 16.4. The second-order valence-corrected chi connectivity index (χ2v) is 5.94. The summed E-state index contributed by atoms with van der Waals surface area (Å²) in [6.07, 6.45) is 6.36. The first-order chi connectivity index (χ1) is 9.41. The Morgan fingerprint density at radius 2 is 2.10 bits per heavy atom. The predicted molar refractivity (Wildman–Crippen MR) is 78.5 cm³/mol. The van der Waals surface area contributed by atoms with Crippen molar-refractivity contribution in [2.75, 3.05) is 0 Å². The largest absolute Gasteiger partial charge is 0.478 e. The second kappa shape index (κ2) is 8.00. The van der Waals surface area contributed by atoms with E-state index in [0.717, 1.165) is 12.3 Å². The Labute approximate surface area is 120 Å². The molecule has 0 radical (unpaired) electrons. The van der Waals surface area contributed by atoms with Crippen molar-refractivity contribution >= 4 is 5.97 Å². The van der Waals surface area contributed by atoms with Crippen LogP contribution in [-0.2, 0) is 0 Å². The lowest BCUT2D eigenvalue weighted by molar-refractivity contribution is 0.0266. The summed E-state index contributed by atoms with van der Waals surface area (Å²) in [5.74, 6) is 1.01. The third kappa shape index (κ3) is 5.29. The Morgan fingerprint density at radius 1 is 1.40 bits per heavy atom. The smallest absolute Gasteiger partial charge is 0.337 e. The van der Waals surface area contributed by atoms with Gasteiger partial charge in [0, 0.05) is 12.4 Å². The fourth-order valence-corrected chi connectivity index (χ4v) is 2.64. The average Bonchev–Trinajstić information content (AvgIpc) is 2.40. The van der Waals surface area contributed by atoms with Crippen LogP contribution < -0.4 is 0 Å². The normalized spacial score (nSPS) is 25.8. The van der Waals surface area contributed by atoms with E-state index in [4.69, 9.17) is 5.11 Å². The van der Waals surface area contributed by atoms with Gasteiger partial charge in [0.25, 0.3) is 0 Å². The number of carbonyl (C=O) groups is 1. The molecule has 2 N–H and O–H groups in total. The summed E-state index contributed by atoms with van der Waals surface area (Å²) in [6.45, 7) is 6.66. The van der Waals surface area contributed by atoms with E-state index in [0.29, 0.717) is 11.8 Å². The summed E-state index contributed by atoms with van der Waals surface area (Å²) in [5, 5.41) is 18.1. The topological polar surface area (TPSA) is 70.4 Å². The van der Waals surface area contributed by atoms with Gasteiger partial charge in [-0.15, -0.1) is 0 Å². The van der Waals surface area contributed by atoms with Gasteiger partial charge in [0.05, 0.1) is 11.7 Å². The van der Waals surface area contributed by atoms with Gasteiger partial charge in [-0.2, -0.15) is 0 Å². The van der Waals surface area contributed by atoms with Crippen LogP contribution in [0.2, 0.25) is 0 Å². The molecule has 0 saturated heterocycles. The van der Waals surface area contributed by atoms with E-state index < -0.39 is 5.97 Å². The molecule has 2 rings (SSSR count). The van der Waals surface area contributed by atoms with Crippen molar-refractivity contribution in [1.29, 1.82) is 0 Å². The maximum absolute atomic E-state index is 10.2. The molecule has 1 fully saturated rings. The number of aliphatic hydroxyl groups excluding tert-OH is 1. The van der Waals surface area contributed by atoms with Gasteiger partial charge in [0.2, 0.25) is 0 Å². The molecule has 0 aliphatic heterocycles. The zero-order valence-electron chi connectivity index (χ0n) is 12.5. The van der Waals surface area contributed by atoms with Gasteiger partial charge in [-0.25, -0.2) is 4.79 Å². The van der Waals surface area contributed by atoms with Crippen LogP contribution in [0, 0.1) is 17.8 Å². The first-order valence-electron chi connectivity index (χ1n) is 7.23. The maximum atomic E-state index is 10.2. The van der Waals surface area contributed by atoms with E-state index in [9.17, 15) is 9.90 Å². The third-order valence-corrected chi connectivity index (χ3v) is 3.90. The van der Waals surface area contributed by atoms with Crippen molar-refractivity contribution in [3.8, 4) is 0 Å². The molecule has 112 valence electrons. The Bertz CT molecular complexity index is 405. The van der Waals surface area contributed by atoms with Crippen molar-refractivity contribution in [1.82, 2.24) is 4.98 Å². The number of nitrogens with zero attached hydrogens (tertiary/aromatic N) is 1. The van der Waals surface area contributed by atoms with Crippen molar-refractivity contribution in [2.24, 2.45) is 17.8 Å². The van der Waals surface area contributed by atoms with Gasteiger partial charge < -0.3 is 10.2 Å². The van der Waals surface area contributed by atoms with E-state index in [1.807, 2.05) is 0 Å². The van der Waals surface area contributed by atoms with E-state index >= 15 is 0 Å². The molecule has 20 heavy (non-hydrogen) atoms. The molecule has 0 spiro atoms. The van der Waals surface area contributed by atoms with E-state index in [-0.39, 0.29) is 11.7 Å². The molecule has 3 atom stereocenters. The fraction of sp³-hybridized carbons (Fsp3) is 0.625. The number of carboxylic acids is 1. The summed E-state index contributed by atoms with van der Waals surface area (Å²) < 4.78 is 0. The third-order valence-electron chi connectivity index (χ3n) is 3.90. The number of aromatic nitrogens is 1. The van der Waals surface area contributed by atoms with Crippen molar-refractivity contribution in [3.05, 3.63) is 30.1 Å². The van der Waals surface area contributed by atoms with Crippen LogP contribution >= 0.6 is 0 Å². The minimum atomic E-state index is -0.942. The van der Waals surface area contributed by atoms with Crippen molar-refractivity contribution < 1.29 is 15.0 Å². The molecule has 4 heteroatoms. The summed E-state index contributed by atoms with van der Waals surface area (Å²) in [5.41, 5.74) is 0.220. The lowest BCUT2D eigenvalue weighted by Crippen LogP contribution is -2.31. The number of rotatable bonds is 2. The molecule has 1 aromatic heterocycles. The Morgan fingerprint density at radius 3 is 2.50 bits per heavy atom. The van der Waals surface area contributed by atoms with Gasteiger partial charge in [-0.3, -0.25) is 4.98 Å². The average molecular weight is 279 g/mol. The van der Waals surface area contributed by atoms with E-state index in [2.05, 4.69) is 25.8 Å². The van der Waals surface area contributed by atoms with Gasteiger partial charge in [-0.1, -0.05) is 27.2 Å². The minimum absolute atomic E-state index is 0.0289. The first kappa shape index (κ1) is 16.6. The highest BCUT2D eigenvalue weighted by Crippen LogP contribution is 2.33.